The van der Waals surface area contributed by atoms with Gasteiger partial charge in [0.15, 0.2) is 0 Å². The smallest absolute Gasteiger partial charge is 0.326 e. The second kappa shape index (κ2) is 6.59. The molecule has 17 heavy (non-hydrogen) atoms. The highest BCUT2D eigenvalue weighted by Gasteiger charge is 2.33. The highest BCUT2D eigenvalue weighted by atomic mass is 16.4. The zero-order chi connectivity index (χ0) is 13.6. The van der Waals surface area contributed by atoms with Gasteiger partial charge in [-0.3, -0.25) is 4.79 Å². The highest BCUT2D eigenvalue weighted by molar-refractivity contribution is 5.85. The molecule has 0 rings (SSSR count). The van der Waals surface area contributed by atoms with Crippen molar-refractivity contribution >= 4 is 11.9 Å². The summed E-state index contributed by atoms with van der Waals surface area (Å²) in [6, 6.07) is -0.865. The van der Waals surface area contributed by atoms with Crippen molar-refractivity contribution in [3.05, 3.63) is 0 Å². The topological polar surface area (TPSA) is 92.4 Å². The maximum atomic E-state index is 11.8. The van der Waals surface area contributed by atoms with Gasteiger partial charge in [0.2, 0.25) is 5.91 Å². The number of nitrogens with two attached hydrogens (primary N) is 1. The predicted molar refractivity (Wildman–Crippen MR) is 66.5 cm³/mol. The standard InChI is InChI=1S/C12H24N2O3/c1-8(6-5-7-13)10(15)14-9(11(16)17)12(2,3)4/h8-9H,5-7,13H2,1-4H3,(H,14,15)(H,16,17). The predicted octanol–water partition coefficient (Wildman–Crippen LogP) is 0.977. The zero-order valence-electron chi connectivity index (χ0n) is 11.1. The molecule has 0 aromatic rings. The zero-order valence-corrected chi connectivity index (χ0v) is 11.1. The summed E-state index contributed by atoms with van der Waals surface area (Å²) in [5.41, 5.74) is 4.86. The highest BCUT2D eigenvalue weighted by Crippen LogP contribution is 2.20. The van der Waals surface area contributed by atoms with E-state index in [-0.39, 0.29) is 11.8 Å². The Morgan fingerprint density at radius 2 is 1.88 bits per heavy atom. The average Bonchev–Trinajstić information content (AvgIpc) is 2.19. The van der Waals surface area contributed by atoms with E-state index < -0.39 is 17.4 Å². The lowest BCUT2D eigenvalue weighted by molar-refractivity contribution is -0.145. The molecule has 1 amide bonds. The van der Waals surface area contributed by atoms with Gasteiger partial charge in [-0.15, -0.1) is 0 Å². The normalized spacial score (nSPS) is 15.1. The molecule has 4 N–H and O–H groups in total. The third-order valence-corrected chi connectivity index (χ3v) is 2.69. The molecule has 100 valence electrons. The van der Waals surface area contributed by atoms with Crippen molar-refractivity contribution in [3.63, 3.8) is 0 Å². The monoisotopic (exact) mass is 244 g/mol. The molecule has 0 saturated heterocycles. The fourth-order valence-corrected chi connectivity index (χ4v) is 1.49. The van der Waals surface area contributed by atoms with E-state index in [0.717, 1.165) is 6.42 Å². The van der Waals surface area contributed by atoms with Gasteiger partial charge in [0.1, 0.15) is 6.04 Å². The lowest BCUT2D eigenvalue weighted by Gasteiger charge is -2.28. The van der Waals surface area contributed by atoms with Gasteiger partial charge in [-0.1, -0.05) is 27.7 Å². The molecular formula is C12H24N2O3. The number of carboxylic acid groups (broad SMARTS) is 1. The van der Waals surface area contributed by atoms with Crippen molar-refractivity contribution in [2.45, 2.75) is 46.6 Å². The molecule has 0 bridgehead atoms. The van der Waals surface area contributed by atoms with Crippen LogP contribution in [0.4, 0.5) is 0 Å². The fraction of sp³-hybridized carbons (Fsp3) is 0.833. The Balaban J connectivity index is 4.47. The number of rotatable bonds is 6. The van der Waals surface area contributed by atoms with Gasteiger partial charge in [0, 0.05) is 5.92 Å². The second-order valence-electron chi connectivity index (χ2n) is 5.48. The molecule has 0 aliphatic carbocycles. The Labute approximate surface area is 103 Å². The lowest BCUT2D eigenvalue weighted by atomic mass is 9.86. The third kappa shape index (κ3) is 5.68. The van der Waals surface area contributed by atoms with Crippen LogP contribution in [0.15, 0.2) is 0 Å². The lowest BCUT2D eigenvalue weighted by Crippen LogP contribution is -2.50. The van der Waals surface area contributed by atoms with Gasteiger partial charge in [0.05, 0.1) is 0 Å². The molecule has 2 atom stereocenters. The van der Waals surface area contributed by atoms with Gasteiger partial charge in [-0.25, -0.2) is 4.79 Å². The van der Waals surface area contributed by atoms with E-state index in [9.17, 15) is 9.59 Å². The molecule has 2 unspecified atom stereocenters. The van der Waals surface area contributed by atoms with Crippen LogP contribution in [0.5, 0.6) is 0 Å². The second-order valence-corrected chi connectivity index (χ2v) is 5.48. The Morgan fingerprint density at radius 1 is 1.35 bits per heavy atom. The molecule has 0 aromatic heterocycles. The molecule has 5 heteroatoms. The minimum Gasteiger partial charge on any atom is -0.480 e. The summed E-state index contributed by atoms with van der Waals surface area (Å²) >= 11 is 0. The summed E-state index contributed by atoms with van der Waals surface area (Å²) in [5, 5.41) is 11.7. The first-order valence-corrected chi connectivity index (χ1v) is 5.93. The van der Waals surface area contributed by atoms with Crippen LogP contribution < -0.4 is 11.1 Å². The van der Waals surface area contributed by atoms with Crippen molar-refractivity contribution in [1.29, 1.82) is 0 Å². The molecule has 0 saturated carbocycles. The number of carbonyl (C=O) groups is 2. The minimum absolute atomic E-state index is 0.206. The molecule has 5 nitrogen and oxygen atoms in total. The number of nitrogens with one attached hydrogen (secondary N) is 1. The molecule has 0 aliphatic rings. The van der Waals surface area contributed by atoms with Crippen molar-refractivity contribution in [2.75, 3.05) is 6.54 Å². The summed E-state index contributed by atoms with van der Waals surface area (Å²) in [7, 11) is 0. The van der Waals surface area contributed by atoms with Crippen molar-refractivity contribution in [1.82, 2.24) is 5.32 Å². The van der Waals surface area contributed by atoms with E-state index >= 15 is 0 Å². The average molecular weight is 244 g/mol. The largest absolute Gasteiger partial charge is 0.480 e. The maximum Gasteiger partial charge on any atom is 0.326 e. The van der Waals surface area contributed by atoms with E-state index in [1.165, 1.54) is 0 Å². The van der Waals surface area contributed by atoms with Crippen LogP contribution in [-0.2, 0) is 9.59 Å². The van der Waals surface area contributed by atoms with Crippen LogP contribution in [0.25, 0.3) is 0 Å². The molecule has 0 aromatic carbocycles. The molecule has 0 aliphatic heterocycles. The molecular weight excluding hydrogens is 220 g/mol. The summed E-state index contributed by atoms with van der Waals surface area (Å²) in [6.45, 7) is 7.69. The molecule has 0 heterocycles. The van der Waals surface area contributed by atoms with E-state index in [4.69, 9.17) is 10.8 Å². The van der Waals surface area contributed by atoms with Gasteiger partial charge in [-0.05, 0) is 24.8 Å². The SMILES string of the molecule is CC(CCCN)C(=O)NC(C(=O)O)C(C)(C)C. The van der Waals surface area contributed by atoms with Gasteiger partial charge in [-0.2, -0.15) is 0 Å². The minimum atomic E-state index is -1.00. The summed E-state index contributed by atoms with van der Waals surface area (Å²) < 4.78 is 0. The van der Waals surface area contributed by atoms with Crippen LogP contribution in [-0.4, -0.2) is 29.6 Å². The van der Waals surface area contributed by atoms with Crippen LogP contribution in [0.3, 0.4) is 0 Å². The van der Waals surface area contributed by atoms with Gasteiger partial charge >= 0.3 is 5.97 Å². The Hall–Kier alpha value is -1.10. The molecule has 0 fully saturated rings. The van der Waals surface area contributed by atoms with E-state index in [1.807, 2.05) is 0 Å². The summed E-state index contributed by atoms with van der Waals surface area (Å²) in [6.07, 6.45) is 1.45. The van der Waals surface area contributed by atoms with Crippen molar-refractivity contribution in [3.8, 4) is 0 Å². The molecule has 0 spiro atoms. The quantitative estimate of drug-likeness (QED) is 0.649. The number of carbonyl (C=O) groups excluding carboxylic acids is 1. The van der Waals surface area contributed by atoms with Gasteiger partial charge in [0.25, 0.3) is 0 Å². The van der Waals surface area contributed by atoms with Crippen LogP contribution in [0.1, 0.15) is 40.5 Å². The molecule has 0 radical (unpaired) electrons. The van der Waals surface area contributed by atoms with Crippen LogP contribution in [0, 0.1) is 11.3 Å². The fourth-order valence-electron chi connectivity index (χ4n) is 1.49. The third-order valence-electron chi connectivity index (χ3n) is 2.69. The number of carboxylic acids is 1. The number of hydrogen-bond acceptors (Lipinski definition) is 3. The van der Waals surface area contributed by atoms with E-state index in [1.54, 1.807) is 27.7 Å². The van der Waals surface area contributed by atoms with Crippen molar-refractivity contribution < 1.29 is 14.7 Å². The first kappa shape index (κ1) is 15.9. The summed E-state index contributed by atoms with van der Waals surface area (Å²) in [5.74, 6) is -1.43. The number of aliphatic carboxylic acids is 1. The number of hydrogen-bond donors (Lipinski definition) is 3. The maximum absolute atomic E-state index is 11.8. The Kier molecular flexibility index (Phi) is 6.16. The van der Waals surface area contributed by atoms with Crippen LogP contribution in [0.2, 0.25) is 0 Å². The Bertz CT molecular complexity index is 271. The first-order valence-electron chi connectivity index (χ1n) is 5.93. The van der Waals surface area contributed by atoms with E-state index in [0.29, 0.717) is 13.0 Å². The van der Waals surface area contributed by atoms with Gasteiger partial charge < -0.3 is 16.2 Å². The van der Waals surface area contributed by atoms with Crippen molar-refractivity contribution in [2.24, 2.45) is 17.1 Å². The Morgan fingerprint density at radius 3 is 2.24 bits per heavy atom. The first-order chi connectivity index (χ1) is 7.70. The van der Waals surface area contributed by atoms with E-state index in [2.05, 4.69) is 5.32 Å². The summed E-state index contributed by atoms with van der Waals surface area (Å²) in [4.78, 5) is 22.9. The van der Waals surface area contributed by atoms with Crippen LogP contribution >= 0.6 is 0 Å². The number of amides is 1.